The standard InChI is InChI=1S/C48H35NO2/c1-50-41-24-19-38(20-25-41)49(39-21-26-42(51-2)27-22-39)40-23-28-45-46(31-40)48(37-18-16-33-10-4-6-12-35(33)30-37)44-14-8-7-13-43(44)47(45)36-17-15-32-9-3-5-11-34(32)29-36/h3-31H,1-2H3. The average Bonchev–Trinajstić information content (AvgIpc) is 3.20. The molecule has 0 N–H and O–H groups in total. The lowest BCUT2D eigenvalue weighted by molar-refractivity contribution is 0.415. The summed E-state index contributed by atoms with van der Waals surface area (Å²) in [6, 6.07) is 63.2. The van der Waals surface area contributed by atoms with Crippen molar-refractivity contribution in [1.29, 1.82) is 0 Å². The highest BCUT2D eigenvalue weighted by Crippen LogP contribution is 2.47. The molecular formula is C48H35NO2. The molecule has 3 heteroatoms. The fourth-order valence-corrected chi connectivity index (χ4v) is 7.53. The molecule has 0 radical (unpaired) electrons. The van der Waals surface area contributed by atoms with Gasteiger partial charge in [-0.3, -0.25) is 0 Å². The highest BCUT2D eigenvalue weighted by atomic mass is 16.5. The lowest BCUT2D eigenvalue weighted by atomic mass is 9.85. The average molecular weight is 658 g/mol. The van der Waals surface area contributed by atoms with E-state index in [9.17, 15) is 0 Å². The fourth-order valence-electron chi connectivity index (χ4n) is 7.53. The van der Waals surface area contributed by atoms with Crippen LogP contribution in [0.3, 0.4) is 0 Å². The molecule has 0 aliphatic heterocycles. The normalized spacial score (nSPS) is 11.3. The lowest BCUT2D eigenvalue weighted by Crippen LogP contribution is -2.10. The Kier molecular flexibility index (Phi) is 7.59. The first-order chi connectivity index (χ1) is 25.2. The maximum Gasteiger partial charge on any atom is 0.119 e. The molecule has 0 aliphatic carbocycles. The second kappa shape index (κ2) is 12.7. The molecular weight excluding hydrogens is 623 g/mol. The fraction of sp³-hybridized carbons (Fsp3) is 0.0417. The topological polar surface area (TPSA) is 21.7 Å². The van der Waals surface area contributed by atoms with Gasteiger partial charge in [-0.15, -0.1) is 0 Å². The molecule has 0 amide bonds. The van der Waals surface area contributed by atoms with Crippen molar-refractivity contribution in [2.75, 3.05) is 19.1 Å². The summed E-state index contributed by atoms with van der Waals surface area (Å²) < 4.78 is 11.1. The van der Waals surface area contributed by atoms with Crippen molar-refractivity contribution >= 4 is 60.2 Å². The van der Waals surface area contributed by atoms with Gasteiger partial charge in [0.05, 0.1) is 14.2 Å². The van der Waals surface area contributed by atoms with Crippen LogP contribution in [-0.2, 0) is 0 Å². The van der Waals surface area contributed by atoms with E-state index in [1.54, 1.807) is 14.2 Å². The minimum atomic E-state index is 0.817. The molecule has 0 spiro atoms. The Morgan fingerprint density at radius 1 is 0.333 bits per heavy atom. The third-order valence-electron chi connectivity index (χ3n) is 10.0. The van der Waals surface area contributed by atoms with Crippen molar-refractivity contribution < 1.29 is 9.47 Å². The van der Waals surface area contributed by atoms with Crippen molar-refractivity contribution in [3.05, 3.63) is 176 Å². The second-order valence-corrected chi connectivity index (χ2v) is 12.9. The number of rotatable bonds is 7. The van der Waals surface area contributed by atoms with E-state index in [0.29, 0.717) is 0 Å². The van der Waals surface area contributed by atoms with Crippen molar-refractivity contribution in [3.63, 3.8) is 0 Å². The Hall–Kier alpha value is -6.58. The van der Waals surface area contributed by atoms with Gasteiger partial charge in [0, 0.05) is 17.1 Å². The number of anilines is 3. The van der Waals surface area contributed by atoms with Crippen LogP contribution in [0.4, 0.5) is 17.1 Å². The summed E-state index contributed by atoms with van der Waals surface area (Å²) >= 11 is 0. The van der Waals surface area contributed by atoms with Crippen LogP contribution in [0.2, 0.25) is 0 Å². The van der Waals surface area contributed by atoms with Crippen LogP contribution in [-0.4, -0.2) is 14.2 Å². The molecule has 244 valence electrons. The predicted molar refractivity (Wildman–Crippen MR) is 215 cm³/mol. The van der Waals surface area contributed by atoms with Gasteiger partial charge in [-0.1, -0.05) is 103 Å². The summed E-state index contributed by atoms with van der Waals surface area (Å²) in [6.07, 6.45) is 0. The lowest BCUT2D eigenvalue weighted by Gasteiger charge is -2.27. The SMILES string of the molecule is COc1ccc(N(c2ccc(OC)cc2)c2ccc3c(-c4ccc5ccccc5c4)c4ccccc4c(-c4ccc5ccccc5c4)c3c2)cc1. The van der Waals surface area contributed by atoms with E-state index in [-0.39, 0.29) is 0 Å². The van der Waals surface area contributed by atoms with Crippen LogP contribution in [0.25, 0.3) is 65.3 Å². The number of benzene rings is 9. The van der Waals surface area contributed by atoms with Crippen molar-refractivity contribution in [1.82, 2.24) is 0 Å². The molecule has 0 unspecified atom stereocenters. The highest BCUT2D eigenvalue weighted by Gasteiger charge is 2.20. The zero-order valence-electron chi connectivity index (χ0n) is 28.5. The zero-order chi connectivity index (χ0) is 34.3. The second-order valence-electron chi connectivity index (χ2n) is 12.9. The van der Waals surface area contributed by atoms with Crippen molar-refractivity contribution in [3.8, 4) is 33.8 Å². The monoisotopic (exact) mass is 657 g/mol. The van der Waals surface area contributed by atoms with Crippen molar-refractivity contribution in [2.45, 2.75) is 0 Å². The van der Waals surface area contributed by atoms with Crippen LogP contribution in [0, 0.1) is 0 Å². The number of hydrogen-bond acceptors (Lipinski definition) is 3. The molecule has 51 heavy (non-hydrogen) atoms. The molecule has 0 aliphatic rings. The van der Waals surface area contributed by atoms with Gasteiger partial charge >= 0.3 is 0 Å². The first kappa shape index (κ1) is 30.5. The smallest absolute Gasteiger partial charge is 0.119 e. The van der Waals surface area contributed by atoms with E-state index in [1.165, 1.54) is 65.3 Å². The van der Waals surface area contributed by atoms with Gasteiger partial charge in [-0.25, -0.2) is 0 Å². The molecule has 0 fully saturated rings. The number of ether oxygens (including phenoxy) is 2. The Morgan fingerprint density at radius 3 is 1.24 bits per heavy atom. The summed E-state index contributed by atoms with van der Waals surface area (Å²) in [4.78, 5) is 2.30. The van der Waals surface area contributed by atoms with Crippen LogP contribution in [0.5, 0.6) is 11.5 Å². The zero-order valence-corrected chi connectivity index (χ0v) is 28.5. The van der Waals surface area contributed by atoms with Gasteiger partial charge in [-0.2, -0.15) is 0 Å². The molecule has 0 saturated carbocycles. The molecule has 9 rings (SSSR count). The number of fused-ring (bicyclic) bond motifs is 4. The quantitative estimate of drug-likeness (QED) is 0.159. The third kappa shape index (κ3) is 5.40. The van der Waals surface area contributed by atoms with E-state index in [0.717, 1.165) is 28.6 Å². The molecule has 3 nitrogen and oxygen atoms in total. The van der Waals surface area contributed by atoms with E-state index >= 15 is 0 Å². The number of methoxy groups -OCH3 is 2. The van der Waals surface area contributed by atoms with Crippen LogP contribution >= 0.6 is 0 Å². The Balaban J connectivity index is 1.37. The van der Waals surface area contributed by atoms with Crippen LogP contribution < -0.4 is 14.4 Å². The predicted octanol–water partition coefficient (Wildman–Crippen LogP) is 13.1. The van der Waals surface area contributed by atoms with E-state index in [4.69, 9.17) is 9.47 Å². The van der Waals surface area contributed by atoms with Crippen LogP contribution in [0.15, 0.2) is 176 Å². The van der Waals surface area contributed by atoms with Gasteiger partial charge in [0.2, 0.25) is 0 Å². The molecule has 0 heterocycles. The Bertz CT molecular complexity index is 2670. The maximum atomic E-state index is 5.53. The number of nitrogens with zero attached hydrogens (tertiary/aromatic N) is 1. The first-order valence-electron chi connectivity index (χ1n) is 17.2. The van der Waals surface area contributed by atoms with Gasteiger partial charge in [-0.05, 0) is 138 Å². The molecule has 0 bridgehead atoms. The van der Waals surface area contributed by atoms with E-state index in [1.807, 2.05) is 24.3 Å². The van der Waals surface area contributed by atoms with Gasteiger partial charge < -0.3 is 14.4 Å². The number of hydrogen-bond donors (Lipinski definition) is 0. The van der Waals surface area contributed by atoms with E-state index in [2.05, 4.69) is 157 Å². The molecule has 9 aromatic rings. The van der Waals surface area contributed by atoms with Crippen LogP contribution in [0.1, 0.15) is 0 Å². The summed E-state index contributed by atoms with van der Waals surface area (Å²) in [6.45, 7) is 0. The minimum absolute atomic E-state index is 0.817. The summed E-state index contributed by atoms with van der Waals surface area (Å²) in [5.74, 6) is 1.63. The third-order valence-corrected chi connectivity index (χ3v) is 10.0. The minimum Gasteiger partial charge on any atom is -0.497 e. The van der Waals surface area contributed by atoms with E-state index < -0.39 is 0 Å². The summed E-state index contributed by atoms with van der Waals surface area (Å²) in [7, 11) is 3.40. The summed E-state index contributed by atoms with van der Waals surface area (Å²) in [5, 5.41) is 9.78. The van der Waals surface area contributed by atoms with Crippen molar-refractivity contribution in [2.24, 2.45) is 0 Å². The Labute approximate surface area is 297 Å². The summed E-state index contributed by atoms with van der Waals surface area (Å²) in [5.41, 5.74) is 7.98. The maximum absolute atomic E-state index is 5.53. The van der Waals surface area contributed by atoms with Gasteiger partial charge in [0.25, 0.3) is 0 Å². The van der Waals surface area contributed by atoms with Gasteiger partial charge in [0.15, 0.2) is 0 Å². The first-order valence-corrected chi connectivity index (χ1v) is 17.2. The largest absolute Gasteiger partial charge is 0.497 e. The molecule has 0 aromatic heterocycles. The molecule has 9 aromatic carbocycles. The van der Waals surface area contributed by atoms with Gasteiger partial charge in [0.1, 0.15) is 11.5 Å². The Morgan fingerprint density at radius 2 is 0.745 bits per heavy atom. The highest BCUT2D eigenvalue weighted by molar-refractivity contribution is 6.22. The molecule has 0 saturated heterocycles. The molecule has 0 atom stereocenters.